The Hall–Kier alpha value is -2.36. The van der Waals surface area contributed by atoms with Gasteiger partial charge >= 0.3 is 0 Å². The van der Waals surface area contributed by atoms with Crippen molar-refractivity contribution in [3.63, 3.8) is 0 Å². The van der Waals surface area contributed by atoms with Gasteiger partial charge in [0.25, 0.3) is 0 Å². The lowest BCUT2D eigenvalue weighted by molar-refractivity contribution is 0.659. The fourth-order valence-electron chi connectivity index (χ4n) is 2.17. The highest BCUT2D eigenvalue weighted by Crippen LogP contribution is 2.10. The van der Waals surface area contributed by atoms with Crippen LogP contribution in [0.25, 0.3) is 5.69 Å². The molecule has 2 heterocycles. The summed E-state index contributed by atoms with van der Waals surface area (Å²) in [6, 6.07) is 12.2. The molecule has 0 saturated carbocycles. The van der Waals surface area contributed by atoms with Gasteiger partial charge in [-0.1, -0.05) is 18.2 Å². The highest BCUT2D eigenvalue weighted by molar-refractivity contribution is 5.31. The Morgan fingerprint density at radius 1 is 1.11 bits per heavy atom. The number of benzene rings is 1. The van der Waals surface area contributed by atoms with Crippen molar-refractivity contribution >= 4 is 0 Å². The first-order valence-electron chi connectivity index (χ1n) is 6.32. The maximum atomic E-state index is 4.47. The molecule has 0 N–H and O–H groups in total. The van der Waals surface area contributed by atoms with Gasteiger partial charge in [-0.3, -0.25) is 4.68 Å². The van der Waals surface area contributed by atoms with Crippen molar-refractivity contribution in [2.24, 2.45) is 0 Å². The fourth-order valence-corrected chi connectivity index (χ4v) is 2.17. The monoisotopic (exact) mass is 252 g/mol. The predicted molar refractivity (Wildman–Crippen MR) is 74.4 cm³/mol. The van der Waals surface area contributed by atoms with Crippen molar-refractivity contribution in [2.75, 3.05) is 0 Å². The van der Waals surface area contributed by atoms with Crippen LogP contribution in [0, 0.1) is 13.8 Å². The molecular formula is C15H16N4. The number of aryl methyl sites for hydroxylation is 2. The van der Waals surface area contributed by atoms with E-state index in [4.69, 9.17) is 0 Å². The van der Waals surface area contributed by atoms with E-state index in [0.717, 1.165) is 23.5 Å². The van der Waals surface area contributed by atoms with Crippen LogP contribution in [0.3, 0.4) is 0 Å². The summed E-state index contributed by atoms with van der Waals surface area (Å²) in [7, 11) is 0. The number of rotatable bonds is 3. The number of para-hydroxylation sites is 1. The third kappa shape index (κ3) is 2.42. The molecule has 3 aromatic rings. The highest BCUT2D eigenvalue weighted by Gasteiger charge is 2.05. The van der Waals surface area contributed by atoms with Crippen LogP contribution in [0.5, 0.6) is 0 Å². The van der Waals surface area contributed by atoms with Crippen molar-refractivity contribution in [3.8, 4) is 5.69 Å². The molecule has 1 aromatic carbocycles. The molecule has 3 rings (SSSR count). The SMILES string of the molecule is Cc1cc(C)n(Cc2cnn(-c3ccccc3)c2)n1. The van der Waals surface area contributed by atoms with Gasteiger partial charge in [-0.2, -0.15) is 10.2 Å². The lowest BCUT2D eigenvalue weighted by Gasteiger charge is -2.01. The summed E-state index contributed by atoms with van der Waals surface area (Å²) in [6.07, 6.45) is 3.94. The van der Waals surface area contributed by atoms with Gasteiger partial charge < -0.3 is 0 Å². The lowest BCUT2D eigenvalue weighted by atomic mass is 10.3. The van der Waals surface area contributed by atoms with Gasteiger partial charge in [0.05, 0.1) is 24.1 Å². The van der Waals surface area contributed by atoms with Crippen molar-refractivity contribution in [2.45, 2.75) is 20.4 Å². The minimum atomic E-state index is 0.756. The van der Waals surface area contributed by atoms with E-state index in [1.54, 1.807) is 0 Å². The minimum absolute atomic E-state index is 0.756. The second-order valence-electron chi connectivity index (χ2n) is 4.71. The van der Waals surface area contributed by atoms with Crippen LogP contribution < -0.4 is 0 Å². The van der Waals surface area contributed by atoms with Crippen molar-refractivity contribution in [1.82, 2.24) is 19.6 Å². The quantitative estimate of drug-likeness (QED) is 0.718. The van der Waals surface area contributed by atoms with E-state index in [1.165, 1.54) is 5.69 Å². The smallest absolute Gasteiger partial charge is 0.0693 e. The Kier molecular flexibility index (Phi) is 2.91. The third-order valence-corrected chi connectivity index (χ3v) is 3.09. The molecule has 0 unspecified atom stereocenters. The average molecular weight is 252 g/mol. The zero-order chi connectivity index (χ0) is 13.2. The largest absolute Gasteiger partial charge is 0.265 e. The van der Waals surface area contributed by atoms with Crippen molar-refractivity contribution in [3.05, 3.63) is 65.7 Å². The number of hydrogen-bond acceptors (Lipinski definition) is 2. The zero-order valence-electron chi connectivity index (χ0n) is 11.1. The van der Waals surface area contributed by atoms with E-state index >= 15 is 0 Å². The van der Waals surface area contributed by atoms with Gasteiger partial charge in [0.15, 0.2) is 0 Å². The second kappa shape index (κ2) is 4.72. The first-order valence-corrected chi connectivity index (χ1v) is 6.32. The molecule has 0 saturated heterocycles. The molecule has 0 amide bonds. The van der Waals surface area contributed by atoms with Crippen LogP contribution in [0.15, 0.2) is 48.8 Å². The van der Waals surface area contributed by atoms with Gasteiger partial charge in [-0.15, -0.1) is 0 Å². The predicted octanol–water partition coefficient (Wildman–Crippen LogP) is 2.73. The topological polar surface area (TPSA) is 35.6 Å². The van der Waals surface area contributed by atoms with Gasteiger partial charge in [-0.05, 0) is 32.0 Å². The third-order valence-electron chi connectivity index (χ3n) is 3.09. The maximum Gasteiger partial charge on any atom is 0.0693 e. The summed E-state index contributed by atoms with van der Waals surface area (Å²) in [5.74, 6) is 0. The summed E-state index contributed by atoms with van der Waals surface area (Å²) in [6.45, 7) is 4.84. The van der Waals surface area contributed by atoms with Crippen LogP contribution >= 0.6 is 0 Å². The summed E-state index contributed by atoms with van der Waals surface area (Å²) in [5, 5.41) is 8.86. The normalized spacial score (nSPS) is 10.8. The summed E-state index contributed by atoms with van der Waals surface area (Å²) in [5.41, 5.74) is 4.44. The van der Waals surface area contributed by atoms with E-state index in [2.05, 4.69) is 23.2 Å². The first-order chi connectivity index (χ1) is 9.22. The maximum absolute atomic E-state index is 4.47. The van der Waals surface area contributed by atoms with E-state index in [9.17, 15) is 0 Å². The Labute approximate surface area is 112 Å². The number of hydrogen-bond donors (Lipinski definition) is 0. The molecule has 19 heavy (non-hydrogen) atoms. The molecule has 0 bridgehead atoms. The Morgan fingerprint density at radius 2 is 1.89 bits per heavy atom. The molecule has 0 atom stereocenters. The molecule has 4 heteroatoms. The van der Waals surface area contributed by atoms with Crippen LogP contribution in [0.2, 0.25) is 0 Å². The molecule has 0 aliphatic carbocycles. The molecule has 0 spiro atoms. The van der Waals surface area contributed by atoms with Crippen LogP contribution in [0.1, 0.15) is 17.0 Å². The van der Waals surface area contributed by atoms with E-state index in [0.29, 0.717) is 0 Å². The zero-order valence-corrected chi connectivity index (χ0v) is 11.1. The van der Waals surface area contributed by atoms with Crippen molar-refractivity contribution < 1.29 is 0 Å². The summed E-state index contributed by atoms with van der Waals surface area (Å²) in [4.78, 5) is 0. The first kappa shape index (κ1) is 11.7. The average Bonchev–Trinajstić information content (AvgIpc) is 2.99. The molecule has 96 valence electrons. The molecule has 0 radical (unpaired) electrons. The summed E-state index contributed by atoms with van der Waals surface area (Å²) < 4.78 is 3.89. The van der Waals surface area contributed by atoms with Gasteiger partial charge in [-0.25, -0.2) is 4.68 Å². The Bertz CT molecular complexity index is 679. The molecule has 0 fully saturated rings. The second-order valence-corrected chi connectivity index (χ2v) is 4.71. The lowest BCUT2D eigenvalue weighted by Crippen LogP contribution is -2.03. The fraction of sp³-hybridized carbons (Fsp3) is 0.200. The Balaban J connectivity index is 1.84. The molecular weight excluding hydrogens is 236 g/mol. The van der Waals surface area contributed by atoms with Crippen molar-refractivity contribution in [1.29, 1.82) is 0 Å². The number of aromatic nitrogens is 4. The number of nitrogens with zero attached hydrogens (tertiary/aromatic N) is 4. The van der Waals surface area contributed by atoms with Gasteiger partial charge in [0.1, 0.15) is 0 Å². The van der Waals surface area contributed by atoms with E-state index in [1.807, 2.05) is 59.0 Å². The van der Waals surface area contributed by atoms with Crippen LogP contribution in [-0.4, -0.2) is 19.6 Å². The molecule has 2 aromatic heterocycles. The minimum Gasteiger partial charge on any atom is -0.265 e. The van der Waals surface area contributed by atoms with E-state index in [-0.39, 0.29) is 0 Å². The molecule has 0 aliphatic rings. The Morgan fingerprint density at radius 3 is 2.58 bits per heavy atom. The standard InChI is InChI=1S/C15H16N4/c1-12-8-13(2)18(17-12)10-14-9-16-19(11-14)15-6-4-3-5-7-15/h3-9,11H,10H2,1-2H3. The van der Waals surface area contributed by atoms with Gasteiger partial charge in [0.2, 0.25) is 0 Å². The molecule has 0 aliphatic heterocycles. The highest BCUT2D eigenvalue weighted by atomic mass is 15.3. The van der Waals surface area contributed by atoms with E-state index < -0.39 is 0 Å². The summed E-state index contributed by atoms with van der Waals surface area (Å²) >= 11 is 0. The van der Waals surface area contributed by atoms with Crippen LogP contribution in [0.4, 0.5) is 0 Å². The molecule has 4 nitrogen and oxygen atoms in total. The van der Waals surface area contributed by atoms with Crippen LogP contribution in [-0.2, 0) is 6.54 Å². The van der Waals surface area contributed by atoms with Gasteiger partial charge in [0, 0.05) is 17.5 Å².